The summed E-state index contributed by atoms with van der Waals surface area (Å²) in [5, 5.41) is 0. The Labute approximate surface area is 136 Å². The summed E-state index contributed by atoms with van der Waals surface area (Å²) in [5.41, 5.74) is 1.47. The van der Waals surface area contributed by atoms with Gasteiger partial charge in [0.05, 0.1) is 12.3 Å². The lowest BCUT2D eigenvalue weighted by Gasteiger charge is -2.25. The summed E-state index contributed by atoms with van der Waals surface area (Å²) in [7, 11) is 0. The second-order valence-corrected chi connectivity index (χ2v) is 5.47. The maximum atomic E-state index is 14.1. The average Bonchev–Trinajstić information content (AvgIpc) is 2.55. The molecule has 0 bridgehead atoms. The number of hydrogen-bond donors (Lipinski definition) is 0. The predicted octanol–water partition coefficient (Wildman–Crippen LogP) is 4.79. The van der Waals surface area contributed by atoms with E-state index in [9.17, 15) is 8.78 Å². The van der Waals surface area contributed by atoms with Crippen molar-refractivity contribution in [1.29, 1.82) is 0 Å². The van der Waals surface area contributed by atoms with Crippen LogP contribution in [-0.4, -0.2) is 19.8 Å². The van der Waals surface area contributed by atoms with E-state index in [1.807, 2.05) is 35.2 Å². The molecule has 0 aliphatic carbocycles. The first kappa shape index (κ1) is 17.4. The van der Waals surface area contributed by atoms with Crippen molar-refractivity contribution >= 4 is 5.69 Å². The van der Waals surface area contributed by atoms with Gasteiger partial charge < -0.3 is 9.64 Å². The van der Waals surface area contributed by atoms with E-state index < -0.39 is 11.6 Å². The van der Waals surface area contributed by atoms with Crippen molar-refractivity contribution in [2.75, 3.05) is 24.7 Å². The SMILES string of the molecule is CCCCOCCN(Cc1ccccc1)c1ccc(F)cc1F. The Kier molecular flexibility index (Phi) is 7.01. The van der Waals surface area contributed by atoms with Crippen LogP contribution in [0.5, 0.6) is 0 Å². The van der Waals surface area contributed by atoms with Gasteiger partial charge in [-0.25, -0.2) is 8.78 Å². The van der Waals surface area contributed by atoms with Crippen molar-refractivity contribution in [2.45, 2.75) is 26.3 Å². The Morgan fingerprint density at radius 1 is 1.00 bits per heavy atom. The molecule has 0 amide bonds. The molecule has 2 rings (SSSR count). The van der Waals surface area contributed by atoms with Gasteiger partial charge in [-0.05, 0) is 24.1 Å². The number of hydrogen-bond acceptors (Lipinski definition) is 2. The summed E-state index contributed by atoms with van der Waals surface area (Å²) < 4.78 is 32.8. The van der Waals surface area contributed by atoms with E-state index in [4.69, 9.17) is 4.74 Å². The van der Waals surface area contributed by atoms with Crippen molar-refractivity contribution < 1.29 is 13.5 Å². The number of benzene rings is 2. The van der Waals surface area contributed by atoms with Crippen molar-refractivity contribution in [3.8, 4) is 0 Å². The van der Waals surface area contributed by atoms with Crippen LogP contribution in [0.25, 0.3) is 0 Å². The molecule has 0 atom stereocenters. The highest BCUT2D eigenvalue weighted by atomic mass is 19.1. The fourth-order valence-electron chi connectivity index (χ4n) is 2.35. The summed E-state index contributed by atoms with van der Waals surface area (Å²) in [6, 6.07) is 13.5. The van der Waals surface area contributed by atoms with Gasteiger partial charge in [0.2, 0.25) is 0 Å². The van der Waals surface area contributed by atoms with E-state index in [1.54, 1.807) is 0 Å². The van der Waals surface area contributed by atoms with Gasteiger partial charge in [-0.2, -0.15) is 0 Å². The minimum absolute atomic E-state index is 0.398. The van der Waals surface area contributed by atoms with E-state index >= 15 is 0 Å². The number of anilines is 1. The zero-order valence-electron chi connectivity index (χ0n) is 13.5. The summed E-state index contributed by atoms with van der Waals surface area (Å²) >= 11 is 0. The lowest BCUT2D eigenvalue weighted by Crippen LogP contribution is -2.28. The number of ether oxygens (including phenoxy) is 1. The van der Waals surface area contributed by atoms with Gasteiger partial charge in [0.1, 0.15) is 11.6 Å². The van der Waals surface area contributed by atoms with Gasteiger partial charge >= 0.3 is 0 Å². The summed E-state index contributed by atoms with van der Waals surface area (Å²) in [6.07, 6.45) is 2.10. The molecule has 0 heterocycles. The molecule has 0 aliphatic heterocycles. The Balaban J connectivity index is 2.07. The zero-order valence-corrected chi connectivity index (χ0v) is 13.5. The molecule has 0 fully saturated rings. The lowest BCUT2D eigenvalue weighted by molar-refractivity contribution is 0.137. The fraction of sp³-hybridized carbons (Fsp3) is 0.368. The molecule has 0 aromatic heterocycles. The third-order valence-corrected chi connectivity index (χ3v) is 3.61. The molecule has 23 heavy (non-hydrogen) atoms. The molecule has 0 aliphatic rings. The highest BCUT2D eigenvalue weighted by Crippen LogP contribution is 2.22. The van der Waals surface area contributed by atoms with Gasteiger partial charge in [-0.1, -0.05) is 43.7 Å². The first-order chi connectivity index (χ1) is 11.2. The Morgan fingerprint density at radius 2 is 1.78 bits per heavy atom. The van der Waals surface area contributed by atoms with Crippen LogP contribution in [0.2, 0.25) is 0 Å². The van der Waals surface area contributed by atoms with Gasteiger partial charge in [0.15, 0.2) is 0 Å². The largest absolute Gasteiger partial charge is 0.380 e. The highest BCUT2D eigenvalue weighted by molar-refractivity contribution is 5.48. The molecule has 0 N–H and O–H groups in total. The third kappa shape index (κ3) is 5.64. The summed E-state index contributed by atoms with van der Waals surface area (Å²) in [5.74, 6) is -1.11. The van der Waals surface area contributed by atoms with Crippen LogP contribution < -0.4 is 4.90 Å². The topological polar surface area (TPSA) is 12.5 Å². The molecular weight excluding hydrogens is 296 g/mol. The first-order valence-corrected chi connectivity index (χ1v) is 8.02. The molecule has 0 spiro atoms. The quantitative estimate of drug-likeness (QED) is 0.616. The van der Waals surface area contributed by atoms with Crippen LogP contribution in [0.4, 0.5) is 14.5 Å². The van der Waals surface area contributed by atoms with E-state index in [0.717, 1.165) is 24.5 Å². The molecule has 0 radical (unpaired) electrons. The third-order valence-electron chi connectivity index (χ3n) is 3.61. The lowest BCUT2D eigenvalue weighted by atomic mass is 10.2. The minimum Gasteiger partial charge on any atom is -0.380 e. The minimum atomic E-state index is -0.565. The Hall–Kier alpha value is -1.94. The summed E-state index contributed by atoms with van der Waals surface area (Å²) in [6.45, 7) is 4.45. The maximum Gasteiger partial charge on any atom is 0.149 e. The van der Waals surface area contributed by atoms with Crippen LogP contribution in [-0.2, 0) is 11.3 Å². The van der Waals surface area contributed by atoms with Crippen LogP contribution in [0, 0.1) is 11.6 Å². The zero-order chi connectivity index (χ0) is 16.5. The van der Waals surface area contributed by atoms with Crippen LogP contribution in [0.15, 0.2) is 48.5 Å². The van der Waals surface area contributed by atoms with E-state index in [2.05, 4.69) is 6.92 Å². The standard InChI is InChI=1S/C19H23F2NO/c1-2-3-12-23-13-11-22(15-16-7-5-4-6-8-16)19-10-9-17(20)14-18(19)21/h4-10,14H,2-3,11-13,15H2,1H3. The molecule has 124 valence electrons. The molecule has 0 unspecified atom stereocenters. The van der Waals surface area contributed by atoms with E-state index in [-0.39, 0.29) is 0 Å². The van der Waals surface area contributed by atoms with Crippen molar-refractivity contribution in [1.82, 2.24) is 0 Å². The smallest absolute Gasteiger partial charge is 0.149 e. The van der Waals surface area contributed by atoms with Crippen molar-refractivity contribution in [2.24, 2.45) is 0 Å². The number of rotatable bonds is 9. The molecule has 2 aromatic rings. The maximum absolute atomic E-state index is 14.1. The molecule has 4 heteroatoms. The van der Waals surface area contributed by atoms with Crippen LogP contribution in [0.3, 0.4) is 0 Å². The van der Waals surface area contributed by atoms with Gasteiger partial charge in [-0.15, -0.1) is 0 Å². The number of unbranched alkanes of at least 4 members (excludes halogenated alkanes) is 1. The van der Waals surface area contributed by atoms with Gasteiger partial charge in [-0.3, -0.25) is 0 Å². The van der Waals surface area contributed by atoms with Crippen LogP contribution in [0.1, 0.15) is 25.3 Å². The molecule has 2 aromatic carbocycles. The fourth-order valence-corrected chi connectivity index (χ4v) is 2.35. The number of nitrogens with zero attached hydrogens (tertiary/aromatic N) is 1. The highest BCUT2D eigenvalue weighted by Gasteiger charge is 2.13. The van der Waals surface area contributed by atoms with E-state index in [1.165, 1.54) is 12.1 Å². The van der Waals surface area contributed by atoms with Gasteiger partial charge in [0.25, 0.3) is 0 Å². The Bertz CT molecular complexity index is 589. The second kappa shape index (κ2) is 9.26. The molecule has 0 saturated heterocycles. The van der Waals surface area contributed by atoms with Gasteiger partial charge in [0, 0.05) is 25.8 Å². The first-order valence-electron chi connectivity index (χ1n) is 8.02. The average molecular weight is 319 g/mol. The number of halogens is 2. The normalized spacial score (nSPS) is 10.7. The predicted molar refractivity (Wildman–Crippen MR) is 89.6 cm³/mol. The monoisotopic (exact) mass is 319 g/mol. The Morgan fingerprint density at radius 3 is 2.48 bits per heavy atom. The molecule has 2 nitrogen and oxygen atoms in total. The van der Waals surface area contributed by atoms with Crippen LogP contribution >= 0.6 is 0 Å². The van der Waals surface area contributed by atoms with Crippen molar-refractivity contribution in [3.63, 3.8) is 0 Å². The summed E-state index contributed by atoms with van der Waals surface area (Å²) in [4.78, 5) is 1.88. The van der Waals surface area contributed by atoms with E-state index in [0.29, 0.717) is 32.0 Å². The molecular formula is C19H23F2NO. The molecule has 0 saturated carbocycles. The second-order valence-electron chi connectivity index (χ2n) is 5.47. The van der Waals surface area contributed by atoms with Crippen molar-refractivity contribution in [3.05, 3.63) is 65.7 Å².